The van der Waals surface area contributed by atoms with Crippen molar-refractivity contribution in [2.75, 3.05) is 12.4 Å². The number of nitrogens with zero attached hydrogens (tertiary/aromatic N) is 1. The molecule has 2 amide bonds. The molecule has 4 aliphatic rings. The summed E-state index contributed by atoms with van der Waals surface area (Å²) in [6.07, 6.45) is 5.03. The molecule has 3 fully saturated rings. The highest BCUT2D eigenvalue weighted by atomic mass is 35.5. The summed E-state index contributed by atoms with van der Waals surface area (Å²) in [6, 6.07) is 3.19. The van der Waals surface area contributed by atoms with Crippen molar-refractivity contribution in [3.8, 4) is 0 Å². The predicted octanol–water partition coefficient (Wildman–Crippen LogP) is 6.70. The SMILES string of the molecule is CN1C(=O)C(C(=O)Nc2ccc(Cl)cc2C(F)(F)F)=C[C@@]2(C)C1CC[C@@H]1[C@H]2CC[C@]2(C)CCC[C@@H]12. The molecular weight excluding hydrogens is 477 g/mol. The molecule has 1 aromatic carbocycles. The van der Waals surface area contributed by atoms with Crippen LogP contribution >= 0.6 is 11.6 Å². The largest absolute Gasteiger partial charge is 0.418 e. The second kappa shape index (κ2) is 8.25. The third-order valence-electron chi connectivity index (χ3n) is 9.76. The van der Waals surface area contributed by atoms with Gasteiger partial charge in [-0.3, -0.25) is 9.59 Å². The topological polar surface area (TPSA) is 49.4 Å². The molecule has 0 spiro atoms. The number of hydrogen-bond donors (Lipinski definition) is 1. The van der Waals surface area contributed by atoms with E-state index in [2.05, 4.69) is 19.2 Å². The van der Waals surface area contributed by atoms with Gasteiger partial charge in [-0.1, -0.05) is 37.9 Å². The van der Waals surface area contributed by atoms with Gasteiger partial charge < -0.3 is 10.2 Å². The van der Waals surface area contributed by atoms with Crippen molar-refractivity contribution in [3.05, 3.63) is 40.4 Å². The van der Waals surface area contributed by atoms with Gasteiger partial charge in [-0.15, -0.1) is 0 Å². The Kier molecular flexibility index (Phi) is 5.82. The van der Waals surface area contributed by atoms with E-state index in [9.17, 15) is 22.8 Å². The predicted molar refractivity (Wildman–Crippen MR) is 129 cm³/mol. The summed E-state index contributed by atoms with van der Waals surface area (Å²) in [6.45, 7) is 4.57. The summed E-state index contributed by atoms with van der Waals surface area (Å²) in [5, 5.41) is 2.28. The first-order valence-corrected chi connectivity index (χ1v) is 12.9. The zero-order valence-corrected chi connectivity index (χ0v) is 21.1. The molecule has 1 unspecified atom stereocenters. The van der Waals surface area contributed by atoms with Crippen LogP contribution in [-0.2, 0) is 15.8 Å². The van der Waals surface area contributed by atoms with Crippen molar-refractivity contribution in [2.24, 2.45) is 28.6 Å². The number of carbonyl (C=O) groups excluding carboxylic acids is 2. The number of carbonyl (C=O) groups is 2. The summed E-state index contributed by atoms with van der Waals surface area (Å²) in [4.78, 5) is 28.2. The van der Waals surface area contributed by atoms with Crippen LogP contribution in [-0.4, -0.2) is 29.8 Å². The Morgan fingerprint density at radius 1 is 1.11 bits per heavy atom. The van der Waals surface area contributed by atoms with Crippen LogP contribution in [0, 0.1) is 28.6 Å². The van der Waals surface area contributed by atoms with E-state index in [4.69, 9.17) is 11.6 Å². The highest BCUT2D eigenvalue weighted by molar-refractivity contribution is 6.31. The molecule has 1 heterocycles. The molecule has 5 rings (SSSR count). The third kappa shape index (κ3) is 3.89. The highest BCUT2D eigenvalue weighted by Crippen LogP contribution is 2.64. The Morgan fingerprint density at radius 2 is 1.86 bits per heavy atom. The standard InChI is InChI=1S/C27H32ClF3N2O2/c1-25-11-4-5-18(25)16-7-9-22-26(2,19(16)10-12-25)14-17(24(35)33(22)3)23(34)32-21-8-6-15(28)13-20(21)27(29,30)31/h6,8,13-14,16,18-19,22H,4-5,7,9-12H2,1-3H3,(H,32,34)/t16-,18-,19+,22?,25-,26+/m0/s1. The van der Waals surface area contributed by atoms with Crippen molar-refractivity contribution >= 4 is 29.1 Å². The van der Waals surface area contributed by atoms with Crippen LogP contribution in [0.5, 0.6) is 0 Å². The molecule has 0 radical (unpaired) electrons. The molecule has 190 valence electrons. The van der Waals surface area contributed by atoms with E-state index in [0.717, 1.165) is 37.8 Å². The number of fused-ring (bicyclic) bond motifs is 5. The van der Waals surface area contributed by atoms with Gasteiger partial charge in [-0.2, -0.15) is 13.2 Å². The minimum Gasteiger partial charge on any atom is -0.338 e. The highest BCUT2D eigenvalue weighted by Gasteiger charge is 2.59. The number of nitrogens with one attached hydrogen (secondary N) is 1. The normalized spacial score (nSPS) is 36.7. The van der Waals surface area contributed by atoms with Crippen molar-refractivity contribution in [3.63, 3.8) is 0 Å². The average molecular weight is 509 g/mol. The van der Waals surface area contributed by atoms with Crippen LogP contribution in [0.25, 0.3) is 0 Å². The van der Waals surface area contributed by atoms with E-state index in [-0.39, 0.29) is 16.6 Å². The Morgan fingerprint density at radius 3 is 2.57 bits per heavy atom. The smallest absolute Gasteiger partial charge is 0.338 e. The molecule has 35 heavy (non-hydrogen) atoms. The molecule has 4 nitrogen and oxygen atoms in total. The second-order valence-corrected chi connectivity index (χ2v) is 12.0. The number of benzene rings is 1. The van der Waals surface area contributed by atoms with Gasteiger partial charge in [0.05, 0.1) is 11.3 Å². The quantitative estimate of drug-likeness (QED) is 0.452. The monoisotopic (exact) mass is 508 g/mol. The maximum absolute atomic E-state index is 13.6. The average Bonchev–Trinajstić information content (AvgIpc) is 3.18. The molecule has 1 aromatic rings. The maximum atomic E-state index is 13.6. The number of anilines is 1. The molecule has 3 aliphatic carbocycles. The van der Waals surface area contributed by atoms with Crippen LogP contribution < -0.4 is 5.32 Å². The Labute approximate surface area is 209 Å². The van der Waals surface area contributed by atoms with Gasteiger partial charge in [0.25, 0.3) is 11.8 Å². The van der Waals surface area contributed by atoms with Gasteiger partial charge >= 0.3 is 6.18 Å². The third-order valence-corrected chi connectivity index (χ3v) is 10.00. The fraction of sp³-hybridized carbons (Fsp3) is 0.630. The molecule has 3 saturated carbocycles. The molecule has 0 bridgehead atoms. The first-order valence-electron chi connectivity index (χ1n) is 12.5. The number of likely N-dealkylation sites (N-methyl/N-ethyl adjacent to an activating group) is 1. The molecule has 1 N–H and O–H groups in total. The van der Waals surface area contributed by atoms with E-state index in [1.54, 1.807) is 18.0 Å². The first kappa shape index (κ1) is 24.7. The van der Waals surface area contributed by atoms with Crippen LogP contribution in [0.4, 0.5) is 18.9 Å². The van der Waals surface area contributed by atoms with Crippen LogP contribution in [0.2, 0.25) is 5.02 Å². The van der Waals surface area contributed by atoms with Crippen LogP contribution in [0.1, 0.15) is 64.4 Å². The van der Waals surface area contributed by atoms with Crippen molar-refractivity contribution < 1.29 is 22.8 Å². The molecule has 0 aromatic heterocycles. The van der Waals surface area contributed by atoms with Crippen LogP contribution in [0.3, 0.4) is 0 Å². The van der Waals surface area contributed by atoms with Crippen molar-refractivity contribution in [2.45, 2.75) is 71.0 Å². The molecule has 0 saturated heterocycles. The summed E-state index contributed by atoms with van der Waals surface area (Å²) >= 11 is 5.77. The lowest BCUT2D eigenvalue weighted by Crippen LogP contribution is -2.60. The van der Waals surface area contributed by atoms with Crippen molar-refractivity contribution in [1.82, 2.24) is 4.90 Å². The van der Waals surface area contributed by atoms with Gasteiger partial charge in [-0.05, 0) is 79.9 Å². The fourth-order valence-corrected chi connectivity index (χ4v) is 8.27. The van der Waals surface area contributed by atoms with E-state index in [1.807, 2.05) is 0 Å². The number of rotatable bonds is 2. The molecule has 8 heteroatoms. The molecule has 6 atom stereocenters. The zero-order chi connectivity index (χ0) is 25.3. The summed E-state index contributed by atoms with van der Waals surface area (Å²) < 4.78 is 40.7. The summed E-state index contributed by atoms with van der Waals surface area (Å²) in [7, 11) is 1.72. The molecular formula is C27H32ClF3N2O2. The Bertz CT molecular complexity index is 1100. The number of hydrogen-bond acceptors (Lipinski definition) is 2. The maximum Gasteiger partial charge on any atom is 0.418 e. The molecule has 1 aliphatic heterocycles. The van der Waals surface area contributed by atoms with Gasteiger partial charge in [-0.25, -0.2) is 0 Å². The zero-order valence-electron chi connectivity index (χ0n) is 20.3. The van der Waals surface area contributed by atoms with E-state index in [1.165, 1.54) is 25.3 Å². The number of alkyl halides is 3. The summed E-state index contributed by atoms with van der Waals surface area (Å²) in [5.41, 5.74) is -1.53. The van der Waals surface area contributed by atoms with E-state index in [0.29, 0.717) is 23.2 Å². The van der Waals surface area contributed by atoms with Gasteiger partial charge in [0.1, 0.15) is 5.57 Å². The Balaban J connectivity index is 1.49. The van der Waals surface area contributed by atoms with Crippen LogP contribution in [0.15, 0.2) is 29.8 Å². The van der Waals surface area contributed by atoms with E-state index >= 15 is 0 Å². The van der Waals surface area contributed by atoms with E-state index < -0.39 is 34.7 Å². The minimum absolute atomic E-state index is 0.0140. The lowest BCUT2D eigenvalue weighted by molar-refractivity contribution is -0.141. The van der Waals surface area contributed by atoms with Gasteiger partial charge in [0.15, 0.2) is 0 Å². The van der Waals surface area contributed by atoms with Gasteiger partial charge in [0.2, 0.25) is 0 Å². The summed E-state index contributed by atoms with van der Waals surface area (Å²) in [5.74, 6) is 0.311. The second-order valence-electron chi connectivity index (χ2n) is 11.5. The van der Waals surface area contributed by atoms with Gasteiger partial charge in [0, 0.05) is 23.5 Å². The first-order chi connectivity index (χ1) is 16.3. The number of amides is 2. The Hall–Kier alpha value is -2.02. The lowest BCUT2D eigenvalue weighted by Gasteiger charge is -2.60. The minimum atomic E-state index is -4.70. The lowest BCUT2D eigenvalue weighted by atomic mass is 9.48. The van der Waals surface area contributed by atoms with Crippen molar-refractivity contribution in [1.29, 1.82) is 0 Å². The number of halogens is 4. The fourth-order valence-electron chi connectivity index (χ4n) is 8.09.